The molecule has 1 aromatic carbocycles. The van der Waals surface area contributed by atoms with Gasteiger partial charge in [0.1, 0.15) is 6.54 Å². The molecule has 0 radical (unpaired) electrons. The van der Waals surface area contributed by atoms with E-state index in [-0.39, 0.29) is 6.54 Å². The number of fused-ring (bicyclic) bond motifs is 1. The molecule has 0 fully saturated rings. The zero-order chi connectivity index (χ0) is 14.8. The van der Waals surface area contributed by atoms with Gasteiger partial charge in [-0.3, -0.25) is 4.79 Å². The van der Waals surface area contributed by atoms with Gasteiger partial charge in [0.05, 0.1) is 5.92 Å². The van der Waals surface area contributed by atoms with E-state index in [0.717, 1.165) is 15.4 Å². The molecule has 0 bridgehead atoms. The van der Waals surface area contributed by atoms with Gasteiger partial charge < -0.3 is 4.90 Å². The van der Waals surface area contributed by atoms with E-state index in [4.69, 9.17) is 0 Å². The summed E-state index contributed by atoms with van der Waals surface area (Å²) in [6.45, 7) is -1.14. The van der Waals surface area contributed by atoms with Gasteiger partial charge in [0.25, 0.3) is 0 Å². The minimum Gasteiger partial charge on any atom is -0.332 e. The first-order valence-corrected chi connectivity index (χ1v) is 8.16. The Labute approximate surface area is 127 Å². The second kappa shape index (κ2) is 6.39. The molecule has 1 aromatic rings. The maximum atomic E-state index is 12.6. The summed E-state index contributed by atoms with van der Waals surface area (Å²) in [6, 6.07) is 7.39. The van der Waals surface area contributed by atoms with Crippen molar-refractivity contribution >= 4 is 33.6 Å². The number of benzene rings is 1. The zero-order valence-electron chi connectivity index (χ0n) is 10.5. The lowest BCUT2D eigenvalue weighted by Crippen LogP contribution is -2.42. The van der Waals surface area contributed by atoms with Crippen molar-refractivity contribution in [3.05, 3.63) is 29.8 Å². The highest BCUT2D eigenvalue weighted by molar-refractivity contribution is 9.09. The lowest BCUT2D eigenvalue weighted by atomic mass is 10.00. The molecule has 1 aliphatic rings. The molecule has 0 aromatic heterocycles. The Hall–Kier alpha value is -0.690. The van der Waals surface area contributed by atoms with Crippen LogP contribution in [0.1, 0.15) is 11.5 Å². The lowest BCUT2D eigenvalue weighted by Gasteiger charge is -2.26. The first-order valence-electron chi connectivity index (χ1n) is 6.05. The van der Waals surface area contributed by atoms with Gasteiger partial charge in [-0.1, -0.05) is 34.1 Å². The molecule has 7 heteroatoms. The van der Waals surface area contributed by atoms with Gasteiger partial charge >= 0.3 is 6.18 Å². The number of halogens is 4. The topological polar surface area (TPSA) is 20.3 Å². The van der Waals surface area contributed by atoms with Gasteiger partial charge in [0, 0.05) is 22.5 Å². The number of thioether (sulfide) groups is 1. The summed E-state index contributed by atoms with van der Waals surface area (Å²) in [5.74, 6) is -0.411. The van der Waals surface area contributed by atoms with E-state index < -0.39 is 24.5 Å². The van der Waals surface area contributed by atoms with Crippen molar-refractivity contribution in [3.8, 4) is 0 Å². The van der Waals surface area contributed by atoms with Crippen LogP contribution in [-0.4, -0.2) is 41.2 Å². The van der Waals surface area contributed by atoms with Gasteiger partial charge in [-0.05, 0) is 11.6 Å². The lowest BCUT2D eigenvalue weighted by molar-refractivity contribution is -0.161. The van der Waals surface area contributed by atoms with Crippen LogP contribution in [-0.2, 0) is 4.79 Å². The van der Waals surface area contributed by atoms with Crippen molar-refractivity contribution < 1.29 is 18.0 Å². The van der Waals surface area contributed by atoms with Gasteiger partial charge in [-0.15, -0.1) is 11.8 Å². The molecular formula is C13H13BrF3NOS. The Kier molecular flexibility index (Phi) is 5.01. The molecule has 0 N–H and O–H groups in total. The normalized spacial score (nSPS) is 17.9. The van der Waals surface area contributed by atoms with Gasteiger partial charge in [0.15, 0.2) is 0 Å². The van der Waals surface area contributed by atoms with Gasteiger partial charge in [-0.25, -0.2) is 0 Å². The zero-order valence-corrected chi connectivity index (χ0v) is 12.9. The van der Waals surface area contributed by atoms with Crippen LogP contribution >= 0.6 is 27.7 Å². The first-order chi connectivity index (χ1) is 9.42. The van der Waals surface area contributed by atoms with Crippen LogP contribution < -0.4 is 0 Å². The molecule has 0 saturated carbocycles. The summed E-state index contributed by atoms with van der Waals surface area (Å²) in [5, 5.41) is 0.330. The van der Waals surface area contributed by atoms with Crippen molar-refractivity contribution in [1.82, 2.24) is 4.90 Å². The minimum absolute atomic E-state index is 0.0572. The molecule has 0 saturated heterocycles. The molecule has 2 rings (SSSR count). The number of carbonyl (C=O) groups excluding carboxylic acids is 1. The van der Waals surface area contributed by atoms with Crippen molar-refractivity contribution in [1.29, 1.82) is 0 Å². The second-order valence-corrected chi connectivity index (χ2v) is 6.32. The van der Waals surface area contributed by atoms with E-state index >= 15 is 0 Å². The molecule has 20 heavy (non-hydrogen) atoms. The number of hydrogen-bond acceptors (Lipinski definition) is 2. The van der Waals surface area contributed by atoms with Crippen LogP contribution in [0.2, 0.25) is 0 Å². The second-order valence-electron chi connectivity index (χ2n) is 4.47. The first kappa shape index (κ1) is 15.7. The fourth-order valence-corrected chi connectivity index (χ4v) is 3.82. The Morgan fingerprint density at radius 1 is 1.40 bits per heavy atom. The van der Waals surface area contributed by atoms with Crippen molar-refractivity contribution in [2.75, 3.05) is 24.2 Å². The number of nitrogens with zero attached hydrogens (tertiary/aromatic N) is 1. The number of hydrogen-bond donors (Lipinski definition) is 0. The average molecular weight is 368 g/mol. The quantitative estimate of drug-likeness (QED) is 0.756. The van der Waals surface area contributed by atoms with Crippen LogP contribution in [0.15, 0.2) is 29.2 Å². The van der Waals surface area contributed by atoms with E-state index in [2.05, 4.69) is 15.9 Å². The number of rotatable bonds is 4. The summed E-state index contributed by atoms with van der Waals surface area (Å²) in [6.07, 6.45) is -4.37. The molecular weight excluding hydrogens is 355 g/mol. The highest BCUT2D eigenvalue weighted by atomic mass is 79.9. The molecule has 110 valence electrons. The predicted octanol–water partition coefficient (Wildman–Crippen LogP) is 3.66. The Morgan fingerprint density at radius 2 is 2.10 bits per heavy atom. The molecule has 2 nitrogen and oxygen atoms in total. The smallest absolute Gasteiger partial charge is 0.332 e. The van der Waals surface area contributed by atoms with Crippen molar-refractivity contribution in [3.63, 3.8) is 0 Å². The molecule has 1 amide bonds. The summed E-state index contributed by atoms with van der Waals surface area (Å²) in [7, 11) is 0. The number of alkyl halides is 4. The van der Waals surface area contributed by atoms with Gasteiger partial charge in [0.2, 0.25) is 5.91 Å². The van der Waals surface area contributed by atoms with Crippen LogP contribution in [0.3, 0.4) is 0 Å². The molecule has 0 spiro atoms. The summed E-state index contributed by atoms with van der Waals surface area (Å²) >= 11 is 4.62. The van der Waals surface area contributed by atoms with Crippen molar-refractivity contribution in [2.45, 2.75) is 17.0 Å². The molecule has 0 aliphatic carbocycles. The summed E-state index contributed by atoms with van der Waals surface area (Å²) in [5.41, 5.74) is 0.837. The van der Waals surface area contributed by atoms with Crippen LogP contribution in [0.5, 0.6) is 0 Å². The van der Waals surface area contributed by atoms with Crippen LogP contribution in [0.25, 0.3) is 0 Å². The molecule has 1 heterocycles. The average Bonchev–Trinajstić information content (AvgIpc) is 2.79. The van der Waals surface area contributed by atoms with E-state index in [0.29, 0.717) is 11.1 Å². The number of amides is 1. The fourth-order valence-electron chi connectivity index (χ4n) is 2.17. The van der Waals surface area contributed by atoms with E-state index in [1.54, 1.807) is 0 Å². The maximum Gasteiger partial charge on any atom is 0.406 e. The maximum absolute atomic E-state index is 12.6. The molecule has 1 aliphatic heterocycles. The van der Waals surface area contributed by atoms with Crippen LogP contribution in [0.4, 0.5) is 13.2 Å². The van der Waals surface area contributed by atoms with E-state index in [1.165, 1.54) is 11.8 Å². The predicted molar refractivity (Wildman–Crippen MR) is 76.3 cm³/mol. The monoisotopic (exact) mass is 367 g/mol. The highest BCUT2D eigenvalue weighted by Gasteiger charge is 2.37. The Bertz CT molecular complexity index is 495. The van der Waals surface area contributed by atoms with Crippen molar-refractivity contribution in [2.24, 2.45) is 0 Å². The standard InChI is InChI=1S/C13H13BrF3NOS/c14-5-6-18(8-13(15,16)17)12(19)10-7-20-11-4-2-1-3-9(10)11/h1-4,10H,5-8H2. The molecule has 1 unspecified atom stereocenters. The summed E-state index contributed by atoms with van der Waals surface area (Å²) in [4.78, 5) is 14.2. The number of carbonyl (C=O) groups is 1. The third-order valence-corrected chi connectivity index (χ3v) is 4.57. The minimum atomic E-state index is -4.37. The highest BCUT2D eigenvalue weighted by Crippen LogP contribution is 2.40. The Balaban J connectivity index is 2.17. The van der Waals surface area contributed by atoms with E-state index in [1.807, 2.05) is 24.3 Å². The third kappa shape index (κ3) is 3.69. The van der Waals surface area contributed by atoms with Crippen LogP contribution in [0, 0.1) is 0 Å². The SMILES string of the molecule is O=C(C1CSc2ccccc21)N(CCBr)CC(F)(F)F. The van der Waals surface area contributed by atoms with Gasteiger partial charge in [-0.2, -0.15) is 13.2 Å². The van der Waals surface area contributed by atoms with E-state index in [9.17, 15) is 18.0 Å². The third-order valence-electron chi connectivity index (χ3n) is 3.03. The molecule has 1 atom stereocenters. The summed E-state index contributed by atoms with van der Waals surface area (Å²) < 4.78 is 37.7. The largest absolute Gasteiger partial charge is 0.406 e. The fraction of sp³-hybridized carbons (Fsp3) is 0.462. The Morgan fingerprint density at radius 3 is 2.75 bits per heavy atom.